The van der Waals surface area contributed by atoms with Gasteiger partial charge >= 0.3 is 17.9 Å². The molecule has 6 nitrogen and oxygen atoms in total. The molecule has 0 spiro atoms. The molecule has 0 aliphatic rings. The van der Waals surface area contributed by atoms with Crippen molar-refractivity contribution in [3.05, 3.63) is 122 Å². The van der Waals surface area contributed by atoms with Crippen LogP contribution in [0.5, 0.6) is 0 Å². The van der Waals surface area contributed by atoms with Crippen LogP contribution in [0, 0.1) is 0 Å². The lowest BCUT2D eigenvalue weighted by molar-refractivity contribution is -0.167. The maximum atomic E-state index is 12.9. The van der Waals surface area contributed by atoms with Gasteiger partial charge in [-0.1, -0.05) is 296 Å². The Kier molecular flexibility index (Phi) is 63.8. The van der Waals surface area contributed by atoms with Crippen LogP contribution in [0.2, 0.25) is 0 Å². The smallest absolute Gasteiger partial charge is 0.306 e. The molecule has 80 heavy (non-hydrogen) atoms. The van der Waals surface area contributed by atoms with Gasteiger partial charge in [-0.25, -0.2) is 0 Å². The number of unbranched alkanes of at least 4 members (excludes halogenated alkanes) is 29. The molecule has 1 atom stereocenters. The zero-order valence-electron chi connectivity index (χ0n) is 52.3. The fraction of sp³-hybridized carbons (Fsp3) is 0.689. The lowest BCUT2D eigenvalue weighted by Crippen LogP contribution is -2.30. The van der Waals surface area contributed by atoms with Crippen molar-refractivity contribution in [3.63, 3.8) is 0 Å². The fourth-order valence-corrected chi connectivity index (χ4v) is 9.20. The van der Waals surface area contributed by atoms with Gasteiger partial charge in [-0.2, -0.15) is 0 Å². The number of hydrogen-bond acceptors (Lipinski definition) is 6. The second kappa shape index (κ2) is 67.3. The summed E-state index contributed by atoms with van der Waals surface area (Å²) in [4.78, 5) is 38.3. The maximum absolute atomic E-state index is 12.9. The van der Waals surface area contributed by atoms with Gasteiger partial charge in [-0.3, -0.25) is 14.4 Å². The Morgan fingerprint density at radius 3 is 0.787 bits per heavy atom. The number of ether oxygens (including phenoxy) is 3. The van der Waals surface area contributed by atoms with Gasteiger partial charge in [0.2, 0.25) is 0 Å². The number of esters is 3. The molecule has 0 aliphatic carbocycles. The van der Waals surface area contributed by atoms with Crippen LogP contribution in [-0.4, -0.2) is 37.2 Å². The summed E-state index contributed by atoms with van der Waals surface area (Å²) in [7, 11) is 0. The fourth-order valence-electron chi connectivity index (χ4n) is 9.20. The number of allylic oxidation sites excluding steroid dienone is 20. The molecule has 0 aromatic rings. The Morgan fingerprint density at radius 2 is 0.487 bits per heavy atom. The third kappa shape index (κ3) is 64.6. The summed E-state index contributed by atoms with van der Waals surface area (Å²) in [5.74, 6) is -0.906. The van der Waals surface area contributed by atoms with Crippen molar-refractivity contribution in [2.45, 2.75) is 316 Å². The van der Waals surface area contributed by atoms with E-state index in [4.69, 9.17) is 14.2 Å². The number of carbonyl (C=O) groups excluding carboxylic acids is 3. The second-order valence-electron chi connectivity index (χ2n) is 22.0. The molecule has 0 aromatic heterocycles. The van der Waals surface area contributed by atoms with Crippen LogP contribution in [0.15, 0.2) is 122 Å². The highest BCUT2D eigenvalue weighted by molar-refractivity contribution is 5.71. The molecule has 0 aliphatic heterocycles. The number of carbonyl (C=O) groups is 3. The maximum Gasteiger partial charge on any atom is 0.306 e. The lowest BCUT2D eigenvalue weighted by Gasteiger charge is -2.18. The Hall–Kier alpha value is -4.19. The normalized spacial score (nSPS) is 12.9. The van der Waals surface area contributed by atoms with E-state index in [1.807, 2.05) is 0 Å². The summed E-state index contributed by atoms with van der Waals surface area (Å²) >= 11 is 0. The highest BCUT2D eigenvalue weighted by Crippen LogP contribution is 2.16. The largest absolute Gasteiger partial charge is 0.462 e. The first-order chi connectivity index (χ1) is 39.5. The number of rotatable bonds is 60. The van der Waals surface area contributed by atoms with E-state index in [-0.39, 0.29) is 31.1 Å². The van der Waals surface area contributed by atoms with Gasteiger partial charge in [-0.15, -0.1) is 0 Å². The zero-order chi connectivity index (χ0) is 57.8. The van der Waals surface area contributed by atoms with E-state index >= 15 is 0 Å². The average molecular weight is 1110 g/mol. The molecule has 0 heterocycles. The molecule has 0 N–H and O–H groups in total. The summed E-state index contributed by atoms with van der Waals surface area (Å²) in [5.41, 5.74) is 0. The van der Waals surface area contributed by atoms with Crippen LogP contribution in [0.4, 0.5) is 0 Å². The Morgan fingerprint density at radius 1 is 0.263 bits per heavy atom. The summed E-state index contributed by atoms with van der Waals surface area (Å²) in [5, 5.41) is 0. The van der Waals surface area contributed by atoms with Gasteiger partial charge in [-0.05, 0) is 116 Å². The molecule has 0 bridgehead atoms. The SMILES string of the molecule is CC/C=C\C/C=C\C/C=C\C/C=C\C/C=C\C/C=C\C/C=C\C/C=C\C/C=C\CCCCCCCC(=O)OCC(COC(=O)CCCCCCC/C=C\CCCCCC)OC(=O)CCCCCCCCCCCCCCCCCC. The van der Waals surface area contributed by atoms with Crippen molar-refractivity contribution >= 4 is 17.9 Å². The van der Waals surface area contributed by atoms with Crippen molar-refractivity contribution in [2.75, 3.05) is 13.2 Å². The van der Waals surface area contributed by atoms with Crippen LogP contribution in [0.1, 0.15) is 310 Å². The third-order valence-electron chi connectivity index (χ3n) is 14.2. The molecule has 0 aromatic carbocycles. The van der Waals surface area contributed by atoms with Crippen molar-refractivity contribution in [2.24, 2.45) is 0 Å². The van der Waals surface area contributed by atoms with Gasteiger partial charge in [0.15, 0.2) is 6.10 Å². The summed E-state index contributed by atoms with van der Waals surface area (Å²) in [6.07, 6.45) is 93.5. The minimum absolute atomic E-state index is 0.0873. The molecule has 0 saturated heterocycles. The molecular formula is C74H124O6. The molecule has 0 amide bonds. The van der Waals surface area contributed by atoms with E-state index in [0.717, 1.165) is 141 Å². The van der Waals surface area contributed by atoms with Crippen LogP contribution in [-0.2, 0) is 28.6 Å². The number of hydrogen-bond donors (Lipinski definition) is 0. The predicted molar refractivity (Wildman–Crippen MR) is 348 cm³/mol. The first-order valence-corrected chi connectivity index (χ1v) is 33.5. The van der Waals surface area contributed by atoms with E-state index in [2.05, 4.69) is 142 Å². The lowest BCUT2D eigenvalue weighted by atomic mass is 10.0. The summed E-state index contributed by atoms with van der Waals surface area (Å²) < 4.78 is 16.9. The summed E-state index contributed by atoms with van der Waals surface area (Å²) in [6, 6.07) is 0. The topological polar surface area (TPSA) is 78.9 Å². The van der Waals surface area contributed by atoms with Crippen molar-refractivity contribution in [3.8, 4) is 0 Å². The minimum atomic E-state index is -0.791. The minimum Gasteiger partial charge on any atom is -0.462 e. The molecule has 0 radical (unpaired) electrons. The Balaban J connectivity index is 4.31. The van der Waals surface area contributed by atoms with E-state index in [1.54, 1.807) is 0 Å². The van der Waals surface area contributed by atoms with E-state index < -0.39 is 6.10 Å². The van der Waals surface area contributed by atoms with E-state index in [1.165, 1.54) is 128 Å². The molecule has 0 saturated carbocycles. The summed E-state index contributed by atoms with van der Waals surface area (Å²) in [6.45, 7) is 6.51. The van der Waals surface area contributed by atoms with Gasteiger partial charge in [0, 0.05) is 19.3 Å². The predicted octanol–water partition coefficient (Wildman–Crippen LogP) is 23.2. The molecule has 1 unspecified atom stereocenters. The van der Waals surface area contributed by atoms with Gasteiger partial charge in [0.25, 0.3) is 0 Å². The Bertz CT molecular complexity index is 1650. The van der Waals surface area contributed by atoms with Gasteiger partial charge in [0.05, 0.1) is 0 Å². The Labute approximate surface area is 494 Å². The standard InChI is InChI=1S/C74H124O6/c1-4-7-10-13-16-19-22-25-27-29-30-31-32-33-34-35-36-37-38-39-40-41-42-43-44-45-47-49-52-55-58-61-64-67-73(76)79-70-71(69-78-72(75)66-63-60-57-54-51-48-24-21-18-15-12-9-6-3)80-74(77)68-65-62-59-56-53-50-46-28-26-23-20-17-14-11-8-5-2/h7,10,16,19,21,24-25,27,30-31,33-34,36-37,39-40,42-43,45,47,71H,4-6,8-9,11-15,17-18,20,22-23,26,28-29,32,35,38,41,44,46,48-70H2,1-3H3/b10-7-,19-16-,24-21-,27-25-,31-30-,34-33-,37-36-,40-39-,43-42-,47-45-. The van der Waals surface area contributed by atoms with E-state index in [0.29, 0.717) is 19.3 Å². The van der Waals surface area contributed by atoms with Crippen molar-refractivity contribution < 1.29 is 28.6 Å². The van der Waals surface area contributed by atoms with E-state index in [9.17, 15) is 14.4 Å². The zero-order valence-corrected chi connectivity index (χ0v) is 52.3. The highest BCUT2D eigenvalue weighted by Gasteiger charge is 2.19. The molecule has 0 rings (SSSR count). The monoisotopic (exact) mass is 1110 g/mol. The van der Waals surface area contributed by atoms with Crippen LogP contribution < -0.4 is 0 Å². The van der Waals surface area contributed by atoms with Gasteiger partial charge in [0.1, 0.15) is 13.2 Å². The molecular weight excluding hydrogens is 985 g/mol. The van der Waals surface area contributed by atoms with Crippen LogP contribution in [0.25, 0.3) is 0 Å². The molecule has 0 fully saturated rings. The quantitative estimate of drug-likeness (QED) is 0.0261. The molecule has 456 valence electrons. The average Bonchev–Trinajstić information content (AvgIpc) is 3.46. The second-order valence-corrected chi connectivity index (χ2v) is 22.0. The van der Waals surface area contributed by atoms with Crippen molar-refractivity contribution in [1.82, 2.24) is 0 Å². The van der Waals surface area contributed by atoms with Crippen molar-refractivity contribution in [1.29, 1.82) is 0 Å². The van der Waals surface area contributed by atoms with Crippen LogP contribution in [0.3, 0.4) is 0 Å². The van der Waals surface area contributed by atoms with Gasteiger partial charge < -0.3 is 14.2 Å². The highest BCUT2D eigenvalue weighted by atomic mass is 16.6. The van der Waals surface area contributed by atoms with Crippen LogP contribution >= 0.6 is 0 Å². The first-order valence-electron chi connectivity index (χ1n) is 33.5. The third-order valence-corrected chi connectivity index (χ3v) is 14.2. The molecule has 6 heteroatoms. The first kappa shape index (κ1) is 75.8.